The number of aliphatic hydroxyl groups excluding tert-OH is 1. The Morgan fingerprint density at radius 2 is 1.90 bits per heavy atom. The summed E-state index contributed by atoms with van der Waals surface area (Å²) in [4.78, 5) is 50.2. The molecular formula is C21H37N5O5. The zero-order valence-electron chi connectivity index (χ0n) is 19.2. The summed E-state index contributed by atoms with van der Waals surface area (Å²) in [5, 5.41) is 18.5. The number of carbonyl (C=O) groups excluding carboxylic acids is 4. The number of rotatable bonds is 10. The van der Waals surface area contributed by atoms with Gasteiger partial charge >= 0.3 is 0 Å². The maximum absolute atomic E-state index is 12.9. The average molecular weight is 440 g/mol. The third kappa shape index (κ3) is 7.03. The lowest BCUT2D eigenvalue weighted by atomic mass is 9.85. The van der Waals surface area contributed by atoms with Crippen LogP contribution in [0.2, 0.25) is 0 Å². The van der Waals surface area contributed by atoms with Gasteiger partial charge in [0.05, 0.1) is 5.41 Å². The van der Waals surface area contributed by atoms with E-state index >= 15 is 0 Å². The molecule has 1 aliphatic heterocycles. The molecule has 0 saturated carbocycles. The predicted octanol–water partition coefficient (Wildman–Crippen LogP) is -0.552. The highest BCUT2D eigenvalue weighted by atomic mass is 16.3. The minimum atomic E-state index is -1.02. The van der Waals surface area contributed by atoms with Crippen molar-refractivity contribution >= 4 is 23.6 Å². The van der Waals surface area contributed by atoms with Crippen molar-refractivity contribution in [1.82, 2.24) is 26.4 Å². The topological polar surface area (TPSA) is 140 Å². The fourth-order valence-electron chi connectivity index (χ4n) is 3.29. The minimum Gasteiger partial charge on any atom is -0.396 e. The van der Waals surface area contributed by atoms with Gasteiger partial charge in [-0.05, 0) is 39.0 Å². The molecule has 0 aromatic heterocycles. The van der Waals surface area contributed by atoms with Crippen molar-refractivity contribution in [2.75, 3.05) is 20.2 Å². The van der Waals surface area contributed by atoms with Crippen LogP contribution in [0.25, 0.3) is 0 Å². The molecule has 176 valence electrons. The van der Waals surface area contributed by atoms with E-state index < -0.39 is 35.4 Å². The highest BCUT2D eigenvalue weighted by Gasteiger charge is 2.35. The van der Waals surface area contributed by atoms with Gasteiger partial charge in [-0.25, -0.2) is 5.43 Å². The Bertz CT molecular complexity index is 683. The highest BCUT2D eigenvalue weighted by Crippen LogP contribution is 2.23. The number of carbonyl (C=O) groups is 4. The summed E-state index contributed by atoms with van der Waals surface area (Å²) >= 11 is 0. The van der Waals surface area contributed by atoms with Crippen LogP contribution < -0.4 is 21.4 Å². The van der Waals surface area contributed by atoms with E-state index in [1.54, 1.807) is 27.7 Å². The first-order chi connectivity index (χ1) is 14.5. The number of aliphatic hydroxyl groups is 1. The molecule has 0 spiro atoms. The standard InChI is InChI=1S/C21H37N5O5/c1-7-21(5,10-12-27)20(31)24-16(13(2)3)18(29)23-14(4)19(30)26-11-8-9-15(25-26)17(28)22-6/h7,13-16,25,27H,1,8-12H2,2-6H3,(H,22,28)(H,23,29)(H,24,31)/t14-,15-,16-,21?/m0/s1. The van der Waals surface area contributed by atoms with E-state index in [0.29, 0.717) is 19.4 Å². The van der Waals surface area contributed by atoms with Crippen molar-refractivity contribution in [1.29, 1.82) is 0 Å². The van der Waals surface area contributed by atoms with Gasteiger partial charge in [-0.15, -0.1) is 6.58 Å². The molecule has 4 atom stereocenters. The molecule has 0 aliphatic carbocycles. The minimum absolute atomic E-state index is 0.177. The molecule has 1 saturated heterocycles. The van der Waals surface area contributed by atoms with Gasteiger partial charge in [-0.3, -0.25) is 24.2 Å². The Morgan fingerprint density at radius 1 is 1.26 bits per heavy atom. The second kappa shape index (κ2) is 11.8. The highest BCUT2D eigenvalue weighted by molar-refractivity contribution is 5.93. The molecular weight excluding hydrogens is 402 g/mol. The van der Waals surface area contributed by atoms with Crippen LogP contribution in [-0.2, 0) is 19.2 Å². The summed E-state index contributed by atoms with van der Waals surface area (Å²) in [5.74, 6) is -1.72. The normalized spacial score (nSPS) is 20.2. The zero-order valence-corrected chi connectivity index (χ0v) is 19.2. The molecule has 5 N–H and O–H groups in total. The van der Waals surface area contributed by atoms with E-state index in [2.05, 4.69) is 28.0 Å². The van der Waals surface area contributed by atoms with E-state index in [0.717, 1.165) is 0 Å². The van der Waals surface area contributed by atoms with Crippen molar-refractivity contribution in [3.8, 4) is 0 Å². The molecule has 1 fully saturated rings. The fraction of sp³-hybridized carbons (Fsp3) is 0.714. The average Bonchev–Trinajstić information content (AvgIpc) is 2.75. The smallest absolute Gasteiger partial charge is 0.258 e. The van der Waals surface area contributed by atoms with Crippen LogP contribution in [0.5, 0.6) is 0 Å². The first-order valence-corrected chi connectivity index (χ1v) is 10.7. The van der Waals surface area contributed by atoms with Crippen molar-refractivity contribution in [2.24, 2.45) is 11.3 Å². The number of nitrogens with one attached hydrogen (secondary N) is 4. The maximum Gasteiger partial charge on any atom is 0.258 e. The molecule has 0 aromatic carbocycles. The molecule has 4 amide bonds. The lowest BCUT2D eigenvalue weighted by Gasteiger charge is -2.35. The van der Waals surface area contributed by atoms with Crippen LogP contribution in [0.15, 0.2) is 12.7 Å². The third-order valence-electron chi connectivity index (χ3n) is 5.58. The van der Waals surface area contributed by atoms with Gasteiger partial charge in [0, 0.05) is 20.2 Å². The largest absolute Gasteiger partial charge is 0.396 e. The second-order valence-electron chi connectivity index (χ2n) is 8.45. The first-order valence-electron chi connectivity index (χ1n) is 10.7. The van der Waals surface area contributed by atoms with Crippen molar-refractivity contribution < 1.29 is 24.3 Å². The summed E-state index contributed by atoms with van der Waals surface area (Å²) in [6.07, 6.45) is 2.90. The van der Waals surface area contributed by atoms with Gasteiger partial charge in [0.25, 0.3) is 5.91 Å². The van der Waals surface area contributed by atoms with Crippen molar-refractivity contribution in [2.45, 2.75) is 65.1 Å². The van der Waals surface area contributed by atoms with Crippen molar-refractivity contribution in [3.63, 3.8) is 0 Å². The lowest BCUT2D eigenvalue weighted by Crippen LogP contribution is -2.62. The quantitative estimate of drug-likeness (QED) is 0.289. The van der Waals surface area contributed by atoms with Crippen LogP contribution in [0.3, 0.4) is 0 Å². The summed E-state index contributed by atoms with van der Waals surface area (Å²) in [6.45, 7) is 10.7. The molecule has 1 heterocycles. The van der Waals surface area contributed by atoms with Crippen LogP contribution in [0.1, 0.15) is 47.0 Å². The fourth-order valence-corrected chi connectivity index (χ4v) is 3.29. The van der Waals surface area contributed by atoms with E-state index in [4.69, 9.17) is 0 Å². The van der Waals surface area contributed by atoms with Gasteiger partial charge in [-0.2, -0.15) is 0 Å². The van der Waals surface area contributed by atoms with E-state index in [9.17, 15) is 24.3 Å². The Morgan fingerprint density at radius 3 is 2.42 bits per heavy atom. The SMILES string of the molecule is C=CC(C)(CCO)C(=O)N[C@H](C(=O)N[C@@H](C)C(=O)N1CCC[C@@H](C(=O)NC)N1)C(C)C. The van der Waals surface area contributed by atoms with Gasteiger partial charge in [0.2, 0.25) is 17.7 Å². The molecule has 1 unspecified atom stereocenters. The van der Waals surface area contributed by atoms with Crippen LogP contribution in [-0.4, -0.2) is 72.1 Å². The lowest BCUT2D eigenvalue weighted by molar-refractivity contribution is -0.143. The third-order valence-corrected chi connectivity index (χ3v) is 5.58. The Labute approximate surface area is 184 Å². The summed E-state index contributed by atoms with van der Waals surface area (Å²) in [7, 11) is 1.53. The van der Waals surface area contributed by atoms with Crippen molar-refractivity contribution in [3.05, 3.63) is 12.7 Å². The van der Waals surface area contributed by atoms with Crippen LogP contribution in [0.4, 0.5) is 0 Å². The van der Waals surface area contributed by atoms with E-state index in [1.807, 2.05) is 0 Å². The molecule has 0 aromatic rings. The monoisotopic (exact) mass is 439 g/mol. The predicted molar refractivity (Wildman–Crippen MR) is 116 cm³/mol. The number of hydrogen-bond acceptors (Lipinski definition) is 6. The number of amides is 4. The molecule has 0 radical (unpaired) electrons. The van der Waals surface area contributed by atoms with Crippen LogP contribution in [0, 0.1) is 11.3 Å². The molecule has 0 bridgehead atoms. The summed E-state index contributed by atoms with van der Waals surface area (Å²) in [5.41, 5.74) is 1.88. The van der Waals surface area contributed by atoms with Gasteiger partial charge in [0.15, 0.2) is 0 Å². The summed E-state index contributed by atoms with van der Waals surface area (Å²) in [6, 6.07) is -2.23. The van der Waals surface area contributed by atoms with E-state index in [-0.39, 0.29) is 30.8 Å². The molecule has 31 heavy (non-hydrogen) atoms. The first kappa shape index (κ1) is 26.6. The van der Waals surface area contributed by atoms with E-state index in [1.165, 1.54) is 18.1 Å². The van der Waals surface area contributed by atoms with Crippen LogP contribution >= 0.6 is 0 Å². The number of hydrazine groups is 1. The zero-order chi connectivity index (χ0) is 23.8. The Balaban J connectivity index is 2.80. The molecule has 10 heteroatoms. The van der Waals surface area contributed by atoms with Gasteiger partial charge in [-0.1, -0.05) is 19.9 Å². The van der Waals surface area contributed by atoms with Gasteiger partial charge in [0.1, 0.15) is 18.1 Å². The molecule has 10 nitrogen and oxygen atoms in total. The molecule has 1 aliphatic rings. The number of nitrogens with zero attached hydrogens (tertiary/aromatic N) is 1. The summed E-state index contributed by atoms with van der Waals surface area (Å²) < 4.78 is 0. The Kier molecular flexibility index (Phi) is 10.1. The number of hydrogen-bond donors (Lipinski definition) is 5. The van der Waals surface area contributed by atoms with Gasteiger partial charge < -0.3 is 21.1 Å². The molecule has 1 rings (SSSR count). The maximum atomic E-state index is 12.9. The Hall–Kier alpha value is -2.46. The second-order valence-corrected chi connectivity index (χ2v) is 8.45. The number of likely N-dealkylation sites (N-methyl/N-ethyl adjacent to an activating group) is 1.